The number of hydrogen-bond acceptors (Lipinski definition) is 3. The van der Waals surface area contributed by atoms with Crippen molar-refractivity contribution in [3.63, 3.8) is 0 Å². The van der Waals surface area contributed by atoms with Gasteiger partial charge in [0.1, 0.15) is 0 Å². The fraction of sp³-hybridized carbons (Fsp3) is 0.545. The predicted molar refractivity (Wildman–Crippen MR) is 63.8 cm³/mol. The zero-order chi connectivity index (χ0) is 10.2. The summed E-state index contributed by atoms with van der Waals surface area (Å²) in [6.45, 7) is 3.17. The molecule has 0 radical (unpaired) electrons. The first kappa shape index (κ1) is 11.5. The van der Waals surface area contributed by atoms with Crippen LogP contribution in [0.1, 0.15) is 12.6 Å². The number of aromatic nitrogens is 1. The first-order valence-corrected chi connectivity index (χ1v) is 6.38. The topological polar surface area (TPSA) is 24.9 Å². The highest BCUT2D eigenvalue weighted by atomic mass is 32.2. The van der Waals surface area contributed by atoms with Crippen LogP contribution < -0.4 is 5.32 Å². The summed E-state index contributed by atoms with van der Waals surface area (Å²) in [7, 11) is 0. The Bertz CT molecular complexity index is 232. The van der Waals surface area contributed by atoms with E-state index < -0.39 is 0 Å². The molecule has 0 saturated heterocycles. The maximum atomic E-state index is 4.33. The molecule has 0 bridgehead atoms. The summed E-state index contributed by atoms with van der Waals surface area (Å²) in [5.74, 6) is 1.14. The summed E-state index contributed by atoms with van der Waals surface area (Å²) in [5.41, 5.74) is 1.17. The van der Waals surface area contributed by atoms with Gasteiger partial charge in [0, 0.05) is 30.1 Å². The summed E-state index contributed by atoms with van der Waals surface area (Å²) in [6, 6.07) is 6.64. The van der Waals surface area contributed by atoms with Crippen molar-refractivity contribution in [3.05, 3.63) is 30.1 Å². The van der Waals surface area contributed by atoms with Crippen LogP contribution >= 0.6 is 11.8 Å². The molecule has 0 spiro atoms. The first-order valence-electron chi connectivity index (χ1n) is 4.99. The van der Waals surface area contributed by atoms with E-state index in [2.05, 4.69) is 29.5 Å². The Morgan fingerprint density at radius 3 is 2.93 bits per heavy atom. The van der Waals surface area contributed by atoms with E-state index in [1.807, 2.05) is 30.1 Å². The van der Waals surface area contributed by atoms with Crippen molar-refractivity contribution in [1.29, 1.82) is 0 Å². The number of hydrogen-bond donors (Lipinski definition) is 1. The SMILES string of the molecule is CCNC(CSC)Cc1ccccn1. The molecule has 3 heteroatoms. The standard InChI is InChI=1S/C11H18N2S/c1-3-12-11(9-14-2)8-10-6-4-5-7-13-10/h4-7,11-12H,3,8-9H2,1-2H3. The average molecular weight is 210 g/mol. The molecule has 1 atom stereocenters. The molecule has 1 aromatic rings. The number of nitrogens with zero attached hydrogens (tertiary/aromatic N) is 1. The molecule has 0 aliphatic rings. The lowest BCUT2D eigenvalue weighted by Crippen LogP contribution is -2.33. The lowest BCUT2D eigenvalue weighted by molar-refractivity contribution is 0.567. The van der Waals surface area contributed by atoms with Gasteiger partial charge in [-0.3, -0.25) is 4.98 Å². The maximum absolute atomic E-state index is 4.33. The second-order valence-corrected chi connectivity index (χ2v) is 4.15. The van der Waals surface area contributed by atoms with Crippen molar-refractivity contribution < 1.29 is 0 Å². The molecular weight excluding hydrogens is 192 g/mol. The quantitative estimate of drug-likeness (QED) is 0.777. The lowest BCUT2D eigenvalue weighted by atomic mass is 10.1. The van der Waals surface area contributed by atoms with Crippen LogP contribution in [-0.2, 0) is 6.42 Å². The second-order valence-electron chi connectivity index (χ2n) is 3.24. The fourth-order valence-corrected chi connectivity index (χ4v) is 2.09. The molecular formula is C11H18N2S. The van der Waals surface area contributed by atoms with Crippen LogP contribution in [0.2, 0.25) is 0 Å². The molecule has 1 heterocycles. The van der Waals surface area contributed by atoms with Crippen LogP contribution in [0.4, 0.5) is 0 Å². The van der Waals surface area contributed by atoms with E-state index >= 15 is 0 Å². The van der Waals surface area contributed by atoms with Gasteiger partial charge in [-0.25, -0.2) is 0 Å². The zero-order valence-electron chi connectivity index (χ0n) is 8.86. The van der Waals surface area contributed by atoms with E-state index in [-0.39, 0.29) is 0 Å². The van der Waals surface area contributed by atoms with E-state index in [0.717, 1.165) is 18.7 Å². The Kier molecular flexibility index (Phi) is 5.64. The molecule has 14 heavy (non-hydrogen) atoms. The number of rotatable bonds is 6. The third kappa shape index (κ3) is 4.11. The highest BCUT2D eigenvalue weighted by Gasteiger charge is 2.07. The first-order chi connectivity index (χ1) is 6.86. The lowest BCUT2D eigenvalue weighted by Gasteiger charge is -2.15. The normalized spacial score (nSPS) is 12.7. The molecule has 0 amide bonds. The van der Waals surface area contributed by atoms with Crippen molar-refractivity contribution in [3.8, 4) is 0 Å². The molecule has 1 unspecified atom stereocenters. The van der Waals surface area contributed by atoms with Crippen molar-refractivity contribution >= 4 is 11.8 Å². The third-order valence-electron chi connectivity index (χ3n) is 2.04. The zero-order valence-corrected chi connectivity index (χ0v) is 9.68. The van der Waals surface area contributed by atoms with Gasteiger partial charge in [0.05, 0.1) is 0 Å². The van der Waals surface area contributed by atoms with E-state index in [1.54, 1.807) is 0 Å². The van der Waals surface area contributed by atoms with Crippen LogP contribution in [0, 0.1) is 0 Å². The monoisotopic (exact) mass is 210 g/mol. The molecule has 0 saturated carbocycles. The van der Waals surface area contributed by atoms with Crippen molar-refractivity contribution in [1.82, 2.24) is 10.3 Å². The Labute approximate surface area is 90.5 Å². The predicted octanol–water partition coefficient (Wildman–Crippen LogP) is 1.97. The summed E-state index contributed by atoms with van der Waals surface area (Å²) in [6.07, 6.45) is 5.02. The third-order valence-corrected chi connectivity index (χ3v) is 2.78. The number of pyridine rings is 1. The molecule has 78 valence electrons. The summed E-state index contributed by atoms with van der Waals surface area (Å²) in [5, 5.41) is 3.47. The Morgan fingerprint density at radius 2 is 2.36 bits per heavy atom. The average Bonchev–Trinajstić information content (AvgIpc) is 2.20. The van der Waals surface area contributed by atoms with Gasteiger partial charge in [-0.1, -0.05) is 13.0 Å². The minimum atomic E-state index is 0.546. The van der Waals surface area contributed by atoms with E-state index in [9.17, 15) is 0 Å². The van der Waals surface area contributed by atoms with Crippen molar-refractivity contribution in [2.24, 2.45) is 0 Å². The van der Waals surface area contributed by atoms with Crippen molar-refractivity contribution in [2.45, 2.75) is 19.4 Å². The molecule has 1 N–H and O–H groups in total. The van der Waals surface area contributed by atoms with Crippen LogP contribution in [0.15, 0.2) is 24.4 Å². The van der Waals surface area contributed by atoms with E-state index in [4.69, 9.17) is 0 Å². The van der Waals surface area contributed by atoms with Gasteiger partial charge in [-0.2, -0.15) is 11.8 Å². The molecule has 0 aromatic carbocycles. The number of nitrogens with one attached hydrogen (secondary N) is 1. The van der Waals surface area contributed by atoms with Gasteiger partial charge < -0.3 is 5.32 Å². The Morgan fingerprint density at radius 1 is 1.50 bits per heavy atom. The largest absolute Gasteiger partial charge is 0.313 e. The molecule has 0 aliphatic carbocycles. The molecule has 0 fully saturated rings. The highest BCUT2D eigenvalue weighted by molar-refractivity contribution is 7.98. The van der Waals surface area contributed by atoms with Gasteiger partial charge >= 0.3 is 0 Å². The minimum absolute atomic E-state index is 0.546. The number of thioether (sulfide) groups is 1. The van der Waals surface area contributed by atoms with Crippen molar-refractivity contribution in [2.75, 3.05) is 18.6 Å². The minimum Gasteiger partial charge on any atom is -0.313 e. The maximum Gasteiger partial charge on any atom is 0.0419 e. The second kappa shape index (κ2) is 6.85. The van der Waals surface area contributed by atoms with Gasteiger partial charge in [0.15, 0.2) is 0 Å². The summed E-state index contributed by atoms with van der Waals surface area (Å²) >= 11 is 1.88. The molecule has 2 nitrogen and oxygen atoms in total. The van der Waals surface area contributed by atoms with Gasteiger partial charge in [-0.15, -0.1) is 0 Å². The fourth-order valence-electron chi connectivity index (χ4n) is 1.45. The van der Waals surface area contributed by atoms with E-state index in [0.29, 0.717) is 6.04 Å². The summed E-state index contributed by atoms with van der Waals surface area (Å²) < 4.78 is 0. The van der Waals surface area contributed by atoms with Crippen LogP contribution in [-0.4, -0.2) is 29.6 Å². The van der Waals surface area contributed by atoms with Crippen LogP contribution in [0.5, 0.6) is 0 Å². The van der Waals surface area contributed by atoms with Crippen LogP contribution in [0.25, 0.3) is 0 Å². The molecule has 0 aliphatic heterocycles. The van der Waals surface area contributed by atoms with E-state index in [1.165, 1.54) is 5.69 Å². The number of likely N-dealkylation sites (N-methyl/N-ethyl adjacent to an activating group) is 1. The summed E-state index contributed by atoms with van der Waals surface area (Å²) in [4.78, 5) is 4.33. The van der Waals surface area contributed by atoms with Gasteiger partial charge in [-0.05, 0) is 24.9 Å². The van der Waals surface area contributed by atoms with Gasteiger partial charge in [0.25, 0.3) is 0 Å². The molecule has 1 rings (SSSR count). The van der Waals surface area contributed by atoms with Crippen LogP contribution in [0.3, 0.4) is 0 Å². The Hall–Kier alpha value is -0.540. The smallest absolute Gasteiger partial charge is 0.0419 e. The highest BCUT2D eigenvalue weighted by Crippen LogP contribution is 2.04. The molecule has 1 aromatic heterocycles. The van der Waals surface area contributed by atoms with Gasteiger partial charge in [0.2, 0.25) is 0 Å². The Balaban J connectivity index is 2.46.